The molecular formula is C15H19NO2. The van der Waals surface area contributed by atoms with E-state index in [0.29, 0.717) is 11.5 Å². The molecule has 0 aliphatic carbocycles. The number of nitrogens with zero attached hydrogens (tertiary/aromatic N) is 1. The first kappa shape index (κ1) is 12.8. The highest BCUT2D eigenvalue weighted by Crippen LogP contribution is 2.26. The zero-order valence-corrected chi connectivity index (χ0v) is 10.5. The lowest BCUT2D eigenvalue weighted by molar-refractivity contribution is 0.0697. The number of hydrogen-bond donors (Lipinski definition) is 1. The highest BCUT2D eigenvalue weighted by atomic mass is 16.4. The Hall–Kier alpha value is -1.61. The maximum absolute atomic E-state index is 10.8. The molecule has 3 nitrogen and oxygen atoms in total. The van der Waals surface area contributed by atoms with E-state index in [4.69, 9.17) is 5.11 Å². The lowest BCUT2D eigenvalue weighted by atomic mass is 9.90. The van der Waals surface area contributed by atoms with Crippen LogP contribution in [0, 0.1) is 0 Å². The monoisotopic (exact) mass is 245 g/mol. The predicted octanol–water partition coefficient (Wildman–Crippen LogP) is 2.75. The molecule has 0 bridgehead atoms. The molecule has 0 aromatic heterocycles. The summed E-state index contributed by atoms with van der Waals surface area (Å²) in [7, 11) is 0. The summed E-state index contributed by atoms with van der Waals surface area (Å²) in [6.07, 6.45) is 4.31. The van der Waals surface area contributed by atoms with Crippen molar-refractivity contribution in [3.8, 4) is 0 Å². The fraction of sp³-hybridized carbons (Fsp3) is 0.400. The predicted molar refractivity (Wildman–Crippen MR) is 72.0 cm³/mol. The van der Waals surface area contributed by atoms with Crippen LogP contribution in [0.4, 0.5) is 0 Å². The molecule has 1 N–H and O–H groups in total. The third-order valence-electron chi connectivity index (χ3n) is 3.52. The Morgan fingerprint density at radius 2 is 2.17 bits per heavy atom. The second-order valence-corrected chi connectivity index (χ2v) is 4.81. The van der Waals surface area contributed by atoms with E-state index >= 15 is 0 Å². The van der Waals surface area contributed by atoms with E-state index in [2.05, 4.69) is 11.5 Å². The van der Waals surface area contributed by atoms with Crippen molar-refractivity contribution in [2.75, 3.05) is 19.6 Å². The summed E-state index contributed by atoms with van der Waals surface area (Å²) >= 11 is 0. The van der Waals surface area contributed by atoms with E-state index in [1.165, 1.54) is 18.4 Å². The summed E-state index contributed by atoms with van der Waals surface area (Å²) in [5.74, 6) is -0.347. The largest absolute Gasteiger partial charge is 0.478 e. The molecule has 1 heterocycles. The Kier molecular flexibility index (Phi) is 4.15. The minimum Gasteiger partial charge on any atom is -0.478 e. The molecule has 0 saturated carbocycles. The average Bonchev–Trinajstić information content (AvgIpc) is 2.39. The van der Waals surface area contributed by atoms with Crippen molar-refractivity contribution < 1.29 is 9.90 Å². The van der Waals surface area contributed by atoms with Gasteiger partial charge >= 0.3 is 5.97 Å². The Morgan fingerprint density at radius 1 is 1.44 bits per heavy atom. The van der Waals surface area contributed by atoms with E-state index in [9.17, 15) is 4.79 Å². The molecule has 1 aromatic rings. The second-order valence-electron chi connectivity index (χ2n) is 4.81. The van der Waals surface area contributed by atoms with Crippen molar-refractivity contribution in [1.29, 1.82) is 0 Å². The number of likely N-dealkylation sites (tertiary alicyclic amines) is 1. The molecule has 3 heteroatoms. The van der Waals surface area contributed by atoms with Crippen LogP contribution in [0.15, 0.2) is 36.9 Å². The van der Waals surface area contributed by atoms with Gasteiger partial charge in [0.1, 0.15) is 0 Å². The third-order valence-corrected chi connectivity index (χ3v) is 3.52. The Balaban J connectivity index is 2.06. The summed E-state index contributed by atoms with van der Waals surface area (Å²) in [6.45, 7) is 6.89. The van der Waals surface area contributed by atoms with Crippen LogP contribution in [0.1, 0.15) is 34.7 Å². The van der Waals surface area contributed by atoms with Crippen molar-refractivity contribution in [2.45, 2.75) is 18.8 Å². The fourth-order valence-corrected chi connectivity index (χ4v) is 2.57. The number of carbonyl (C=O) groups is 1. The smallest absolute Gasteiger partial charge is 0.335 e. The summed E-state index contributed by atoms with van der Waals surface area (Å²) < 4.78 is 0. The zero-order chi connectivity index (χ0) is 13.0. The minimum atomic E-state index is -0.863. The Morgan fingerprint density at radius 3 is 2.78 bits per heavy atom. The van der Waals surface area contributed by atoms with Gasteiger partial charge in [-0.1, -0.05) is 18.2 Å². The number of hydrogen-bond acceptors (Lipinski definition) is 2. The average molecular weight is 245 g/mol. The van der Waals surface area contributed by atoms with Crippen molar-refractivity contribution in [1.82, 2.24) is 4.90 Å². The van der Waals surface area contributed by atoms with Gasteiger partial charge in [-0.2, -0.15) is 0 Å². The number of carboxylic acids is 1. The van der Waals surface area contributed by atoms with Crippen molar-refractivity contribution in [2.24, 2.45) is 0 Å². The van der Waals surface area contributed by atoms with Crippen LogP contribution >= 0.6 is 0 Å². The summed E-state index contributed by atoms with van der Waals surface area (Å²) in [5.41, 5.74) is 1.60. The van der Waals surface area contributed by atoms with Crippen LogP contribution in [-0.2, 0) is 0 Å². The molecule has 1 atom stereocenters. The molecule has 18 heavy (non-hydrogen) atoms. The zero-order valence-electron chi connectivity index (χ0n) is 10.5. The van der Waals surface area contributed by atoms with E-state index in [1.54, 1.807) is 12.1 Å². The maximum atomic E-state index is 10.8. The highest BCUT2D eigenvalue weighted by Gasteiger charge is 2.20. The SMILES string of the molecule is C=CCN1CCCC(c2ccc(C(=O)O)cc2)C1. The molecule has 1 aliphatic rings. The van der Waals surface area contributed by atoms with Gasteiger partial charge in [0.2, 0.25) is 0 Å². The summed E-state index contributed by atoms with van der Waals surface area (Å²) in [5, 5.41) is 8.88. The van der Waals surface area contributed by atoms with Crippen LogP contribution in [0.2, 0.25) is 0 Å². The van der Waals surface area contributed by atoms with Crippen LogP contribution in [-0.4, -0.2) is 35.6 Å². The summed E-state index contributed by atoms with van der Waals surface area (Å²) in [4.78, 5) is 13.2. The molecule has 0 spiro atoms. The quantitative estimate of drug-likeness (QED) is 0.829. The third kappa shape index (κ3) is 2.99. The van der Waals surface area contributed by atoms with E-state index in [0.717, 1.165) is 19.6 Å². The van der Waals surface area contributed by atoms with Crippen LogP contribution < -0.4 is 0 Å². The number of carboxylic acid groups (broad SMARTS) is 1. The van der Waals surface area contributed by atoms with Crippen molar-refractivity contribution in [3.05, 3.63) is 48.0 Å². The number of benzene rings is 1. The first-order chi connectivity index (χ1) is 8.70. The van der Waals surface area contributed by atoms with Gasteiger partial charge in [0.25, 0.3) is 0 Å². The topological polar surface area (TPSA) is 40.5 Å². The molecule has 2 rings (SSSR count). The minimum absolute atomic E-state index is 0.359. The molecule has 1 fully saturated rings. The molecule has 1 saturated heterocycles. The maximum Gasteiger partial charge on any atom is 0.335 e. The second kappa shape index (κ2) is 5.83. The number of aromatic carboxylic acids is 1. The highest BCUT2D eigenvalue weighted by molar-refractivity contribution is 5.87. The van der Waals surface area contributed by atoms with Crippen LogP contribution in [0.3, 0.4) is 0 Å². The van der Waals surface area contributed by atoms with Gasteiger partial charge in [-0.15, -0.1) is 6.58 Å². The molecule has 0 amide bonds. The number of rotatable bonds is 4. The Labute approximate surface area is 108 Å². The fourth-order valence-electron chi connectivity index (χ4n) is 2.57. The molecule has 1 aliphatic heterocycles. The van der Waals surface area contributed by atoms with Gasteiger partial charge in [0, 0.05) is 13.1 Å². The lowest BCUT2D eigenvalue weighted by Crippen LogP contribution is -2.34. The Bertz CT molecular complexity index is 425. The van der Waals surface area contributed by atoms with Crippen LogP contribution in [0.5, 0.6) is 0 Å². The first-order valence-corrected chi connectivity index (χ1v) is 6.37. The van der Waals surface area contributed by atoms with E-state index in [-0.39, 0.29) is 0 Å². The van der Waals surface area contributed by atoms with Gasteiger partial charge in [-0.05, 0) is 43.0 Å². The van der Waals surface area contributed by atoms with E-state index in [1.807, 2.05) is 18.2 Å². The van der Waals surface area contributed by atoms with Gasteiger partial charge in [-0.3, -0.25) is 4.90 Å². The van der Waals surface area contributed by atoms with Gasteiger partial charge in [0.15, 0.2) is 0 Å². The summed E-state index contributed by atoms with van der Waals surface area (Å²) in [6, 6.07) is 7.30. The standard InChI is InChI=1S/C15H19NO2/c1-2-9-16-10-3-4-14(11-16)12-5-7-13(8-6-12)15(17)18/h2,5-8,14H,1,3-4,9-11H2,(H,17,18). The first-order valence-electron chi connectivity index (χ1n) is 6.37. The molecular weight excluding hydrogens is 226 g/mol. The lowest BCUT2D eigenvalue weighted by Gasteiger charge is -2.32. The van der Waals surface area contributed by atoms with Crippen LogP contribution in [0.25, 0.3) is 0 Å². The van der Waals surface area contributed by atoms with E-state index < -0.39 is 5.97 Å². The normalized spacial score (nSPS) is 20.6. The van der Waals surface area contributed by atoms with Gasteiger partial charge in [-0.25, -0.2) is 4.79 Å². The van der Waals surface area contributed by atoms with Gasteiger partial charge in [0.05, 0.1) is 5.56 Å². The van der Waals surface area contributed by atoms with Crippen molar-refractivity contribution >= 4 is 5.97 Å². The molecule has 1 unspecified atom stereocenters. The molecule has 0 radical (unpaired) electrons. The van der Waals surface area contributed by atoms with Crippen molar-refractivity contribution in [3.63, 3.8) is 0 Å². The molecule has 96 valence electrons. The molecule has 1 aromatic carbocycles. The van der Waals surface area contributed by atoms with Gasteiger partial charge < -0.3 is 5.11 Å². The number of piperidine rings is 1.